The molecule has 1 aliphatic heterocycles. The number of carbonyl (C=O) groups excluding carboxylic acids is 2. The zero-order chi connectivity index (χ0) is 26.6. The van der Waals surface area contributed by atoms with Crippen molar-refractivity contribution in [2.75, 3.05) is 19.7 Å². The minimum Gasteiger partial charge on any atom is -0.491 e. The molecule has 1 N–H and O–H groups in total. The number of ether oxygens (including phenoxy) is 1. The lowest BCUT2D eigenvalue weighted by molar-refractivity contribution is -0.135. The topological polar surface area (TPSA) is 75.0 Å². The van der Waals surface area contributed by atoms with Crippen LogP contribution in [0.25, 0.3) is 0 Å². The zero-order valence-corrected chi connectivity index (χ0v) is 23.1. The van der Waals surface area contributed by atoms with Crippen LogP contribution in [0.5, 0.6) is 5.75 Å². The Morgan fingerprint density at radius 3 is 2.59 bits per heavy atom. The minimum atomic E-state index is -0.431. The average molecular weight is 524 g/mol. The summed E-state index contributed by atoms with van der Waals surface area (Å²) in [5.41, 5.74) is 1.95. The molecule has 198 valence electrons. The maximum absolute atomic E-state index is 13.7. The second-order valence-corrected chi connectivity index (χ2v) is 11.8. The maximum atomic E-state index is 13.7. The van der Waals surface area contributed by atoms with Gasteiger partial charge in [-0.3, -0.25) is 4.79 Å². The van der Waals surface area contributed by atoms with Gasteiger partial charge in [0.2, 0.25) is 5.91 Å². The molecular formula is C29H37N3O4S. The van der Waals surface area contributed by atoms with E-state index in [-0.39, 0.29) is 31.1 Å². The van der Waals surface area contributed by atoms with Crippen LogP contribution in [-0.4, -0.2) is 47.0 Å². The smallest absolute Gasteiger partial charge is 0.318 e. The minimum absolute atomic E-state index is 0.0539. The van der Waals surface area contributed by atoms with Crippen molar-refractivity contribution in [1.82, 2.24) is 15.1 Å². The summed E-state index contributed by atoms with van der Waals surface area (Å²) in [5, 5.41) is 5.05. The van der Waals surface area contributed by atoms with Gasteiger partial charge in [-0.05, 0) is 79.9 Å². The van der Waals surface area contributed by atoms with Gasteiger partial charge >= 0.3 is 6.03 Å². The summed E-state index contributed by atoms with van der Waals surface area (Å²) in [6, 6.07) is 13.3. The van der Waals surface area contributed by atoms with E-state index < -0.39 is 5.54 Å². The largest absolute Gasteiger partial charge is 0.491 e. The second kappa shape index (κ2) is 11.4. The van der Waals surface area contributed by atoms with Gasteiger partial charge in [-0.15, -0.1) is 11.3 Å². The van der Waals surface area contributed by atoms with E-state index in [1.807, 2.05) is 43.9 Å². The van der Waals surface area contributed by atoms with E-state index >= 15 is 0 Å². The van der Waals surface area contributed by atoms with Gasteiger partial charge in [-0.1, -0.05) is 26.0 Å². The summed E-state index contributed by atoms with van der Waals surface area (Å²) >= 11 is 1.72. The molecule has 2 aromatic heterocycles. The monoisotopic (exact) mass is 523 g/mol. The van der Waals surface area contributed by atoms with Crippen LogP contribution in [0.15, 0.2) is 58.5 Å². The lowest BCUT2D eigenvalue weighted by Gasteiger charge is -2.37. The predicted molar refractivity (Wildman–Crippen MR) is 146 cm³/mol. The van der Waals surface area contributed by atoms with Crippen molar-refractivity contribution >= 4 is 23.3 Å². The Kier molecular flexibility index (Phi) is 8.27. The van der Waals surface area contributed by atoms with E-state index in [0.29, 0.717) is 24.8 Å². The first-order chi connectivity index (χ1) is 17.6. The van der Waals surface area contributed by atoms with Crippen LogP contribution in [0.1, 0.15) is 68.3 Å². The molecule has 7 nitrogen and oxygen atoms in total. The highest BCUT2D eigenvalue weighted by Crippen LogP contribution is 2.34. The van der Waals surface area contributed by atoms with Gasteiger partial charge in [0.15, 0.2) is 0 Å². The number of nitrogens with one attached hydrogen (secondary N) is 1. The third kappa shape index (κ3) is 6.95. The molecule has 3 heterocycles. The molecule has 0 radical (unpaired) electrons. The van der Waals surface area contributed by atoms with Crippen molar-refractivity contribution in [3.05, 3.63) is 75.9 Å². The van der Waals surface area contributed by atoms with Crippen molar-refractivity contribution < 1.29 is 18.7 Å². The lowest BCUT2D eigenvalue weighted by atomic mass is 10.00. The molecule has 3 aromatic rings. The lowest BCUT2D eigenvalue weighted by Crippen LogP contribution is -2.52. The van der Waals surface area contributed by atoms with E-state index in [0.717, 1.165) is 17.7 Å². The van der Waals surface area contributed by atoms with Gasteiger partial charge < -0.3 is 24.3 Å². The highest BCUT2D eigenvalue weighted by atomic mass is 32.1. The standard InChI is InChI=1S/C29H37N3O4S/c1-20(2)21-8-10-22(11-9-21)36-19-25-24-13-16-37-26(24)12-14-32(25)27(33)18-31(17-23-7-6-15-35-23)28(34)30-29(3,4)5/h6-11,13,15-16,20,25H,12,14,17-19H2,1-5H3,(H,30,34)/t25-/m0/s1. The second-order valence-electron chi connectivity index (χ2n) is 10.8. The fourth-order valence-corrected chi connectivity index (χ4v) is 5.37. The summed E-state index contributed by atoms with van der Waals surface area (Å²) in [5.74, 6) is 1.74. The molecule has 0 unspecified atom stereocenters. The molecular weight excluding hydrogens is 486 g/mol. The van der Waals surface area contributed by atoms with Crippen LogP contribution in [0.2, 0.25) is 0 Å². The number of hydrogen-bond acceptors (Lipinski definition) is 5. The molecule has 0 aliphatic carbocycles. The summed E-state index contributed by atoms with van der Waals surface area (Å²) < 4.78 is 11.7. The van der Waals surface area contributed by atoms with Gasteiger partial charge in [0.1, 0.15) is 24.7 Å². The number of benzene rings is 1. The van der Waals surface area contributed by atoms with Crippen LogP contribution in [0.4, 0.5) is 4.79 Å². The zero-order valence-electron chi connectivity index (χ0n) is 22.3. The van der Waals surface area contributed by atoms with Gasteiger partial charge in [-0.2, -0.15) is 0 Å². The van der Waals surface area contributed by atoms with Gasteiger partial charge in [0, 0.05) is 17.0 Å². The molecule has 3 amide bonds. The average Bonchev–Trinajstić information content (AvgIpc) is 3.53. The Morgan fingerprint density at radius 1 is 1.19 bits per heavy atom. The molecule has 1 atom stereocenters. The van der Waals surface area contributed by atoms with Crippen molar-refractivity contribution in [3.8, 4) is 5.75 Å². The van der Waals surface area contributed by atoms with Crippen LogP contribution in [-0.2, 0) is 17.8 Å². The van der Waals surface area contributed by atoms with E-state index in [2.05, 4.69) is 42.7 Å². The molecule has 1 aromatic carbocycles. The molecule has 37 heavy (non-hydrogen) atoms. The number of rotatable bonds is 8. The first kappa shape index (κ1) is 26.8. The Balaban J connectivity index is 1.51. The SMILES string of the molecule is CC(C)c1ccc(OC[C@H]2c3ccsc3CCN2C(=O)CN(Cc2ccco2)C(=O)NC(C)(C)C)cc1. The molecule has 0 fully saturated rings. The third-order valence-electron chi connectivity index (χ3n) is 6.39. The Morgan fingerprint density at radius 2 is 1.95 bits per heavy atom. The van der Waals surface area contributed by atoms with E-state index in [4.69, 9.17) is 9.15 Å². The Bertz CT molecular complexity index is 1180. The van der Waals surface area contributed by atoms with Crippen molar-refractivity contribution in [3.63, 3.8) is 0 Å². The highest BCUT2D eigenvalue weighted by Gasteiger charge is 2.34. The summed E-state index contributed by atoms with van der Waals surface area (Å²) in [6.07, 6.45) is 2.37. The van der Waals surface area contributed by atoms with Gasteiger partial charge in [0.05, 0.1) is 18.8 Å². The molecule has 0 bridgehead atoms. The number of fused-ring (bicyclic) bond motifs is 1. The summed E-state index contributed by atoms with van der Waals surface area (Å²) in [6.45, 7) is 11.2. The third-order valence-corrected chi connectivity index (χ3v) is 7.39. The van der Waals surface area contributed by atoms with Crippen molar-refractivity contribution in [2.24, 2.45) is 0 Å². The van der Waals surface area contributed by atoms with Gasteiger partial charge in [-0.25, -0.2) is 4.79 Å². The number of furan rings is 1. The fourth-order valence-electron chi connectivity index (χ4n) is 4.44. The van der Waals surface area contributed by atoms with Crippen LogP contribution in [0, 0.1) is 0 Å². The van der Waals surface area contributed by atoms with E-state index in [1.165, 1.54) is 15.3 Å². The molecule has 0 spiro atoms. The number of thiophene rings is 1. The molecule has 1 aliphatic rings. The molecule has 8 heteroatoms. The van der Waals surface area contributed by atoms with E-state index in [9.17, 15) is 9.59 Å². The van der Waals surface area contributed by atoms with Crippen molar-refractivity contribution in [2.45, 2.75) is 65.1 Å². The van der Waals surface area contributed by atoms with E-state index in [1.54, 1.807) is 23.7 Å². The molecule has 0 saturated heterocycles. The van der Waals surface area contributed by atoms with Crippen LogP contribution < -0.4 is 10.1 Å². The van der Waals surface area contributed by atoms with Crippen LogP contribution in [0.3, 0.4) is 0 Å². The number of nitrogens with zero attached hydrogens (tertiary/aromatic N) is 2. The Hall–Kier alpha value is -3.26. The summed E-state index contributed by atoms with van der Waals surface area (Å²) in [4.78, 5) is 31.5. The summed E-state index contributed by atoms with van der Waals surface area (Å²) in [7, 11) is 0. The Labute approximate surface area is 223 Å². The number of amides is 3. The fraction of sp³-hybridized carbons (Fsp3) is 0.448. The molecule has 0 saturated carbocycles. The van der Waals surface area contributed by atoms with Crippen molar-refractivity contribution in [1.29, 1.82) is 0 Å². The normalized spacial score (nSPS) is 15.4. The maximum Gasteiger partial charge on any atom is 0.318 e. The number of carbonyl (C=O) groups is 2. The number of urea groups is 1. The predicted octanol–water partition coefficient (Wildman–Crippen LogP) is 5.98. The quantitative estimate of drug-likeness (QED) is 0.394. The molecule has 4 rings (SSSR count). The van der Waals surface area contributed by atoms with Crippen LogP contribution >= 0.6 is 11.3 Å². The first-order valence-electron chi connectivity index (χ1n) is 12.8. The first-order valence-corrected chi connectivity index (χ1v) is 13.7. The number of hydrogen-bond donors (Lipinski definition) is 1. The van der Waals surface area contributed by atoms with Gasteiger partial charge in [0.25, 0.3) is 0 Å². The highest BCUT2D eigenvalue weighted by molar-refractivity contribution is 7.10.